The standard InChI is InChI=1S/C17H20ClN3OS/c1-11-14(16(22)21-7-6-17(2,9-19)10-21)23-15(20-11)12-4-3-5-13(18)8-12/h3-5,8H,6-7,9-10,19H2,1-2H3. The van der Waals surface area contributed by atoms with Gasteiger partial charge in [-0.25, -0.2) is 4.98 Å². The third kappa shape index (κ3) is 3.27. The highest BCUT2D eigenvalue weighted by Gasteiger charge is 2.36. The largest absolute Gasteiger partial charge is 0.337 e. The van der Waals surface area contributed by atoms with Gasteiger partial charge in [-0.3, -0.25) is 4.79 Å². The number of benzene rings is 1. The van der Waals surface area contributed by atoms with E-state index in [1.807, 2.05) is 36.1 Å². The molecule has 2 heterocycles. The molecular formula is C17H20ClN3OS. The molecule has 2 aromatic rings. The zero-order valence-electron chi connectivity index (χ0n) is 13.3. The summed E-state index contributed by atoms with van der Waals surface area (Å²) in [6.45, 7) is 6.10. The van der Waals surface area contributed by atoms with Gasteiger partial charge in [0.15, 0.2) is 0 Å². The fourth-order valence-electron chi connectivity index (χ4n) is 2.85. The van der Waals surface area contributed by atoms with Gasteiger partial charge in [0.2, 0.25) is 0 Å². The Labute approximate surface area is 145 Å². The lowest BCUT2D eigenvalue weighted by molar-refractivity contribution is 0.0780. The van der Waals surface area contributed by atoms with Crippen molar-refractivity contribution < 1.29 is 4.79 Å². The molecule has 2 N–H and O–H groups in total. The van der Waals surface area contributed by atoms with Crippen LogP contribution in [-0.4, -0.2) is 35.4 Å². The Morgan fingerprint density at radius 3 is 2.96 bits per heavy atom. The Bertz CT molecular complexity index is 745. The molecule has 1 unspecified atom stereocenters. The van der Waals surface area contributed by atoms with Crippen molar-refractivity contribution in [3.8, 4) is 10.6 Å². The smallest absolute Gasteiger partial charge is 0.265 e. The van der Waals surface area contributed by atoms with Crippen molar-refractivity contribution in [2.24, 2.45) is 11.1 Å². The summed E-state index contributed by atoms with van der Waals surface area (Å²) in [6.07, 6.45) is 0.953. The number of rotatable bonds is 3. The summed E-state index contributed by atoms with van der Waals surface area (Å²) < 4.78 is 0. The zero-order chi connectivity index (χ0) is 16.6. The summed E-state index contributed by atoms with van der Waals surface area (Å²) in [5, 5.41) is 1.50. The Balaban J connectivity index is 1.85. The van der Waals surface area contributed by atoms with Crippen molar-refractivity contribution in [2.75, 3.05) is 19.6 Å². The number of nitrogens with two attached hydrogens (primary N) is 1. The van der Waals surface area contributed by atoms with Crippen molar-refractivity contribution in [1.29, 1.82) is 0 Å². The molecule has 1 aliphatic heterocycles. The number of hydrogen-bond donors (Lipinski definition) is 1. The number of likely N-dealkylation sites (tertiary alicyclic amines) is 1. The lowest BCUT2D eigenvalue weighted by atomic mass is 9.90. The fourth-order valence-corrected chi connectivity index (χ4v) is 4.07. The number of carbonyl (C=O) groups is 1. The van der Waals surface area contributed by atoms with E-state index in [0.717, 1.165) is 29.2 Å². The minimum absolute atomic E-state index is 0.0318. The molecule has 1 amide bonds. The quantitative estimate of drug-likeness (QED) is 0.921. The van der Waals surface area contributed by atoms with Gasteiger partial charge in [-0.15, -0.1) is 11.3 Å². The van der Waals surface area contributed by atoms with Crippen LogP contribution in [0.15, 0.2) is 24.3 Å². The van der Waals surface area contributed by atoms with E-state index in [1.165, 1.54) is 11.3 Å². The molecule has 1 aromatic heterocycles. The molecular weight excluding hydrogens is 330 g/mol. The van der Waals surface area contributed by atoms with Gasteiger partial charge in [0.1, 0.15) is 9.88 Å². The van der Waals surface area contributed by atoms with Crippen LogP contribution in [0.5, 0.6) is 0 Å². The highest BCUT2D eigenvalue weighted by Crippen LogP contribution is 2.33. The van der Waals surface area contributed by atoms with E-state index in [2.05, 4.69) is 11.9 Å². The summed E-state index contributed by atoms with van der Waals surface area (Å²) in [5.41, 5.74) is 7.58. The van der Waals surface area contributed by atoms with Gasteiger partial charge >= 0.3 is 0 Å². The normalized spacial score (nSPS) is 21.0. The van der Waals surface area contributed by atoms with Gasteiger partial charge in [-0.1, -0.05) is 30.7 Å². The van der Waals surface area contributed by atoms with E-state index in [0.29, 0.717) is 23.0 Å². The molecule has 1 atom stereocenters. The molecule has 0 aliphatic carbocycles. The number of nitrogens with zero attached hydrogens (tertiary/aromatic N) is 2. The maximum atomic E-state index is 12.8. The first kappa shape index (κ1) is 16.4. The zero-order valence-corrected chi connectivity index (χ0v) is 14.9. The minimum Gasteiger partial charge on any atom is -0.337 e. The number of halogens is 1. The first-order valence-electron chi connectivity index (χ1n) is 7.64. The second-order valence-electron chi connectivity index (χ2n) is 6.44. The molecule has 1 fully saturated rings. The lowest BCUT2D eigenvalue weighted by Gasteiger charge is -2.22. The van der Waals surface area contributed by atoms with Crippen LogP contribution in [0.2, 0.25) is 5.02 Å². The van der Waals surface area contributed by atoms with Crippen LogP contribution in [-0.2, 0) is 0 Å². The summed E-state index contributed by atoms with van der Waals surface area (Å²) in [5.74, 6) is 0.0606. The van der Waals surface area contributed by atoms with Gasteiger partial charge in [-0.2, -0.15) is 0 Å². The van der Waals surface area contributed by atoms with Crippen molar-refractivity contribution in [3.63, 3.8) is 0 Å². The number of aromatic nitrogens is 1. The molecule has 1 aliphatic rings. The summed E-state index contributed by atoms with van der Waals surface area (Å²) in [6, 6.07) is 7.55. The lowest BCUT2D eigenvalue weighted by Crippen LogP contribution is -2.34. The third-order valence-corrected chi connectivity index (χ3v) is 5.83. The summed E-state index contributed by atoms with van der Waals surface area (Å²) in [7, 11) is 0. The minimum atomic E-state index is 0.0318. The van der Waals surface area contributed by atoms with Crippen LogP contribution in [0, 0.1) is 12.3 Å². The SMILES string of the molecule is Cc1nc(-c2cccc(Cl)c2)sc1C(=O)N1CCC(C)(CN)C1. The van der Waals surface area contributed by atoms with Gasteiger partial charge in [0, 0.05) is 23.7 Å². The van der Waals surface area contributed by atoms with Crippen LogP contribution in [0.3, 0.4) is 0 Å². The average molecular weight is 350 g/mol. The molecule has 6 heteroatoms. The van der Waals surface area contributed by atoms with Crippen molar-refractivity contribution >= 4 is 28.8 Å². The Hall–Kier alpha value is -1.43. The molecule has 0 spiro atoms. The highest BCUT2D eigenvalue weighted by molar-refractivity contribution is 7.17. The van der Waals surface area contributed by atoms with E-state index < -0.39 is 0 Å². The molecule has 0 saturated carbocycles. The first-order chi connectivity index (χ1) is 10.9. The van der Waals surface area contributed by atoms with Crippen molar-refractivity contribution in [2.45, 2.75) is 20.3 Å². The maximum Gasteiger partial charge on any atom is 0.265 e. The van der Waals surface area contributed by atoms with E-state index >= 15 is 0 Å². The van der Waals surface area contributed by atoms with E-state index in [-0.39, 0.29) is 11.3 Å². The molecule has 1 saturated heterocycles. The van der Waals surface area contributed by atoms with Crippen LogP contribution >= 0.6 is 22.9 Å². The van der Waals surface area contributed by atoms with Crippen molar-refractivity contribution in [3.05, 3.63) is 39.9 Å². The van der Waals surface area contributed by atoms with Gasteiger partial charge < -0.3 is 10.6 Å². The van der Waals surface area contributed by atoms with E-state index in [4.69, 9.17) is 17.3 Å². The van der Waals surface area contributed by atoms with E-state index in [1.54, 1.807) is 0 Å². The van der Waals surface area contributed by atoms with Gasteiger partial charge in [-0.05, 0) is 37.4 Å². The predicted octanol–water partition coefficient (Wildman–Crippen LogP) is 3.58. The number of amides is 1. The Morgan fingerprint density at radius 2 is 2.30 bits per heavy atom. The third-order valence-electron chi connectivity index (χ3n) is 4.40. The van der Waals surface area contributed by atoms with Crippen LogP contribution in [0.1, 0.15) is 28.7 Å². The molecule has 0 bridgehead atoms. The molecule has 23 heavy (non-hydrogen) atoms. The molecule has 122 valence electrons. The molecule has 1 aromatic carbocycles. The average Bonchev–Trinajstić information content (AvgIpc) is 3.11. The topological polar surface area (TPSA) is 59.2 Å². The fraction of sp³-hybridized carbons (Fsp3) is 0.412. The number of hydrogen-bond acceptors (Lipinski definition) is 4. The van der Waals surface area contributed by atoms with Crippen molar-refractivity contribution in [1.82, 2.24) is 9.88 Å². The molecule has 0 radical (unpaired) electrons. The number of carbonyl (C=O) groups excluding carboxylic acids is 1. The predicted molar refractivity (Wildman–Crippen MR) is 95.0 cm³/mol. The van der Waals surface area contributed by atoms with E-state index in [9.17, 15) is 4.79 Å². The summed E-state index contributed by atoms with van der Waals surface area (Å²) in [4.78, 5) is 20.0. The first-order valence-corrected chi connectivity index (χ1v) is 8.84. The molecule has 4 nitrogen and oxygen atoms in total. The second-order valence-corrected chi connectivity index (χ2v) is 7.87. The second kappa shape index (κ2) is 6.23. The van der Waals surface area contributed by atoms with Crippen LogP contribution in [0.25, 0.3) is 10.6 Å². The monoisotopic (exact) mass is 349 g/mol. The van der Waals surface area contributed by atoms with Crippen LogP contribution < -0.4 is 5.73 Å². The number of thiazole rings is 1. The van der Waals surface area contributed by atoms with Gasteiger partial charge in [0.05, 0.1) is 5.69 Å². The molecule has 3 rings (SSSR count). The maximum absolute atomic E-state index is 12.8. The van der Waals surface area contributed by atoms with Crippen LogP contribution in [0.4, 0.5) is 0 Å². The Morgan fingerprint density at radius 1 is 1.52 bits per heavy atom. The Kier molecular flexibility index (Phi) is 4.45. The van der Waals surface area contributed by atoms with Gasteiger partial charge in [0.25, 0.3) is 5.91 Å². The summed E-state index contributed by atoms with van der Waals surface area (Å²) >= 11 is 7.48. The number of aryl methyl sites for hydroxylation is 1. The highest BCUT2D eigenvalue weighted by atomic mass is 35.5.